The number of rotatable bonds is 7. The van der Waals surface area contributed by atoms with Crippen LogP contribution in [0.25, 0.3) is 0 Å². The van der Waals surface area contributed by atoms with Crippen molar-refractivity contribution in [2.24, 2.45) is 0 Å². The average Bonchev–Trinajstić information content (AvgIpc) is 2.66. The molecule has 5 nitrogen and oxygen atoms in total. The molecule has 3 aromatic rings. The second kappa shape index (κ2) is 8.54. The largest absolute Gasteiger partial charge is 0.497 e. The van der Waals surface area contributed by atoms with Gasteiger partial charge in [0.2, 0.25) is 5.95 Å². The third-order valence-electron chi connectivity index (χ3n) is 3.88. The number of methoxy groups -OCH3 is 1. The van der Waals surface area contributed by atoms with Crippen molar-refractivity contribution in [3.63, 3.8) is 0 Å². The minimum Gasteiger partial charge on any atom is -0.497 e. The SMILES string of the molecule is COc1ccc(CNc2nc(C)cc(NCc3ccccc3Cl)n2)cc1. The van der Waals surface area contributed by atoms with Crippen LogP contribution in [-0.4, -0.2) is 17.1 Å². The van der Waals surface area contributed by atoms with Crippen molar-refractivity contribution < 1.29 is 4.74 Å². The lowest BCUT2D eigenvalue weighted by Gasteiger charge is -2.11. The number of anilines is 2. The van der Waals surface area contributed by atoms with Crippen molar-refractivity contribution in [1.29, 1.82) is 0 Å². The molecule has 0 aliphatic carbocycles. The van der Waals surface area contributed by atoms with E-state index in [0.717, 1.165) is 33.4 Å². The maximum atomic E-state index is 6.20. The Bertz CT molecular complexity index is 868. The van der Waals surface area contributed by atoms with E-state index >= 15 is 0 Å². The van der Waals surface area contributed by atoms with Crippen LogP contribution in [0.15, 0.2) is 54.6 Å². The van der Waals surface area contributed by atoms with E-state index in [1.165, 1.54) is 0 Å². The van der Waals surface area contributed by atoms with E-state index in [1.807, 2.05) is 61.5 Å². The number of hydrogen-bond acceptors (Lipinski definition) is 5. The number of aromatic nitrogens is 2. The normalized spacial score (nSPS) is 10.4. The van der Waals surface area contributed by atoms with Crippen molar-refractivity contribution in [2.45, 2.75) is 20.0 Å². The molecule has 1 aromatic heterocycles. The Morgan fingerprint density at radius 2 is 1.73 bits per heavy atom. The van der Waals surface area contributed by atoms with E-state index in [-0.39, 0.29) is 0 Å². The second-order valence-electron chi connectivity index (χ2n) is 5.86. The third kappa shape index (κ3) is 4.86. The highest BCUT2D eigenvalue weighted by molar-refractivity contribution is 6.31. The molecule has 26 heavy (non-hydrogen) atoms. The topological polar surface area (TPSA) is 59.1 Å². The summed E-state index contributed by atoms with van der Waals surface area (Å²) in [6.45, 7) is 3.19. The van der Waals surface area contributed by atoms with Crippen molar-refractivity contribution in [2.75, 3.05) is 17.7 Å². The molecular weight excluding hydrogens is 348 g/mol. The lowest BCUT2D eigenvalue weighted by Crippen LogP contribution is -2.08. The summed E-state index contributed by atoms with van der Waals surface area (Å²) in [7, 11) is 1.66. The highest BCUT2D eigenvalue weighted by Gasteiger charge is 2.04. The first kappa shape index (κ1) is 18.0. The predicted molar refractivity (Wildman–Crippen MR) is 106 cm³/mol. The molecular formula is C20H21ClN4O. The fourth-order valence-corrected chi connectivity index (χ4v) is 2.69. The molecule has 0 atom stereocenters. The number of aryl methyl sites for hydroxylation is 1. The predicted octanol–water partition coefficient (Wildman–Crippen LogP) is 4.67. The first-order valence-electron chi connectivity index (χ1n) is 8.34. The number of nitrogens with one attached hydrogen (secondary N) is 2. The minimum atomic E-state index is 0.586. The lowest BCUT2D eigenvalue weighted by atomic mass is 10.2. The zero-order chi connectivity index (χ0) is 18.4. The van der Waals surface area contributed by atoms with Gasteiger partial charge in [-0.1, -0.05) is 41.9 Å². The van der Waals surface area contributed by atoms with E-state index in [4.69, 9.17) is 16.3 Å². The zero-order valence-corrected chi connectivity index (χ0v) is 15.5. The molecule has 0 radical (unpaired) electrons. The number of ether oxygens (including phenoxy) is 1. The molecule has 1 heterocycles. The molecule has 0 spiro atoms. The molecule has 0 fully saturated rings. The quantitative estimate of drug-likeness (QED) is 0.634. The molecule has 0 bridgehead atoms. The molecule has 2 N–H and O–H groups in total. The fourth-order valence-electron chi connectivity index (χ4n) is 2.49. The van der Waals surface area contributed by atoms with E-state index in [9.17, 15) is 0 Å². The summed E-state index contributed by atoms with van der Waals surface area (Å²) in [4.78, 5) is 8.97. The van der Waals surface area contributed by atoms with Crippen LogP contribution in [0.3, 0.4) is 0 Å². The van der Waals surface area contributed by atoms with Crippen LogP contribution in [0.4, 0.5) is 11.8 Å². The van der Waals surface area contributed by atoms with Gasteiger partial charge in [0, 0.05) is 29.9 Å². The molecule has 0 unspecified atom stereocenters. The van der Waals surface area contributed by atoms with Gasteiger partial charge in [-0.05, 0) is 36.2 Å². The monoisotopic (exact) mass is 368 g/mol. The van der Waals surface area contributed by atoms with Crippen molar-refractivity contribution in [3.05, 3.63) is 76.4 Å². The summed E-state index contributed by atoms with van der Waals surface area (Å²) in [6.07, 6.45) is 0. The van der Waals surface area contributed by atoms with Crippen molar-refractivity contribution in [1.82, 2.24) is 9.97 Å². The van der Waals surface area contributed by atoms with E-state index < -0.39 is 0 Å². The highest BCUT2D eigenvalue weighted by Crippen LogP contribution is 2.18. The number of halogens is 1. The van der Waals surface area contributed by atoms with Crippen LogP contribution in [0, 0.1) is 6.92 Å². The molecule has 134 valence electrons. The first-order chi connectivity index (χ1) is 12.6. The molecule has 0 aliphatic heterocycles. The molecule has 0 amide bonds. The number of hydrogen-bond donors (Lipinski definition) is 2. The molecule has 6 heteroatoms. The van der Waals surface area contributed by atoms with Gasteiger partial charge in [-0.3, -0.25) is 0 Å². The number of benzene rings is 2. The minimum absolute atomic E-state index is 0.586. The maximum absolute atomic E-state index is 6.20. The van der Waals surface area contributed by atoms with Gasteiger partial charge in [-0.15, -0.1) is 0 Å². The third-order valence-corrected chi connectivity index (χ3v) is 4.25. The Kier molecular flexibility index (Phi) is 5.92. The summed E-state index contributed by atoms with van der Waals surface area (Å²) in [5, 5.41) is 7.30. The van der Waals surface area contributed by atoms with Crippen molar-refractivity contribution in [3.8, 4) is 5.75 Å². The van der Waals surface area contributed by atoms with Crippen molar-refractivity contribution >= 4 is 23.4 Å². The van der Waals surface area contributed by atoms with E-state index in [0.29, 0.717) is 19.0 Å². The van der Waals surface area contributed by atoms with Crippen LogP contribution in [0.2, 0.25) is 5.02 Å². The average molecular weight is 369 g/mol. The van der Waals surface area contributed by atoms with Gasteiger partial charge in [0.05, 0.1) is 7.11 Å². The Morgan fingerprint density at radius 1 is 0.962 bits per heavy atom. The van der Waals surface area contributed by atoms with Gasteiger partial charge in [0.15, 0.2) is 0 Å². The van der Waals surface area contributed by atoms with Crippen LogP contribution in [0.5, 0.6) is 5.75 Å². The van der Waals surface area contributed by atoms with Crippen LogP contribution in [-0.2, 0) is 13.1 Å². The van der Waals surface area contributed by atoms with Gasteiger partial charge in [-0.2, -0.15) is 4.98 Å². The summed E-state index contributed by atoms with van der Waals surface area (Å²) in [5.74, 6) is 2.18. The van der Waals surface area contributed by atoms with Gasteiger partial charge < -0.3 is 15.4 Å². The lowest BCUT2D eigenvalue weighted by molar-refractivity contribution is 0.414. The fraction of sp³-hybridized carbons (Fsp3) is 0.200. The first-order valence-corrected chi connectivity index (χ1v) is 8.71. The summed E-state index contributed by atoms with van der Waals surface area (Å²) < 4.78 is 5.17. The Morgan fingerprint density at radius 3 is 2.46 bits per heavy atom. The van der Waals surface area contributed by atoms with Crippen LogP contribution < -0.4 is 15.4 Å². The molecule has 0 saturated carbocycles. The molecule has 2 aromatic carbocycles. The smallest absolute Gasteiger partial charge is 0.225 e. The second-order valence-corrected chi connectivity index (χ2v) is 6.27. The molecule has 0 aliphatic rings. The summed E-state index contributed by atoms with van der Waals surface area (Å²) >= 11 is 6.20. The van der Waals surface area contributed by atoms with E-state index in [1.54, 1.807) is 7.11 Å². The summed E-state index contributed by atoms with van der Waals surface area (Å²) in [5.41, 5.74) is 3.04. The Balaban J connectivity index is 1.64. The maximum Gasteiger partial charge on any atom is 0.225 e. The van der Waals surface area contributed by atoms with E-state index in [2.05, 4.69) is 20.6 Å². The Hall–Kier alpha value is -2.79. The van der Waals surface area contributed by atoms with Crippen LogP contribution in [0.1, 0.15) is 16.8 Å². The Labute approximate surface area is 158 Å². The zero-order valence-electron chi connectivity index (χ0n) is 14.8. The van der Waals surface area contributed by atoms with Gasteiger partial charge in [-0.25, -0.2) is 4.98 Å². The highest BCUT2D eigenvalue weighted by atomic mass is 35.5. The van der Waals surface area contributed by atoms with Gasteiger partial charge >= 0.3 is 0 Å². The molecule has 0 saturated heterocycles. The van der Waals surface area contributed by atoms with Crippen LogP contribution >= 0.6 is 11.6 Å². The van der Waals surface area contributed by atoms with Gasteiger partial charge in [0.25, 0.3) is 0 Å². The van der Waals surface area contributed by atoms with Gasteiger partial charge in [0.1, 0.15) is 11.6 Å². The standard InChI is InChI=1S/C20H21ClN4O/c1-14-11-19(22-13-16-5-3-4-6-18(16)21)25-20(24-14)23-12-15-7-9-17(26-2)10-8-15/h3-11H,12-13H2,1-2H3,(H2,22,23,24,25). The number of nitrogens with zero attached hydrogens (tertiary/aromatic N) is 2. The molecule has 3 rings (SSSR count). The summed E-state index contributed by atoms with van der Waals surface area (Å²) in [6, 6.07) is 17.6.